The Morgan fingerprint density at radius 1 is 0.722 bits per heavy atom. The molecule has 0 aliphatic rings. The molecule has 94 valence electrons. The second-order valence-corrected chi connectivity index (χ2v) is 4.33. The van der Waals surface area contributed by atoms with E-state index < -0.39 is 0 Å². The van der Waals surface area contributed by atoms with Gasteiger partial charge in [-0.2, -0.15) is 0 Å². The molecule has 2 heteroatoms. The number of ether oxygens (including phenoxy) is 1. The molecule has 0 bridgehead atoms. The summed E-state index contributed by atoms with van der Waals surface area (Å²) in [7, 11) is 0. The van der Waals surface area contributed by atoms with Gasteiger partial charge in [-0.25, -0.2) is 0 Å². The first-order chi connectivity index (χ1) is 8.88. The Bertz CT molecular complexity index is 450. The molecule has 0 fully saturated rings. The van der Waals surface area contributed by atoms with Crippen LogP contribution in [-0.4, -0.2) is 6.54 Å². The van der Waals surface area contributed by atoms with Crippen molar-refractivity contribution in [2.24, 2.45) is 5.73 Å². The Morgan fingerprint density at radius 3 is 1.89 bits per heavy atom. The van der Waals surface area contributed by atoms with Crippen molar-refractivity contribution in [1.29, 1.82) is 0 Å². The minimum atomic E-state index is 0.651. The van der Waals surface area contributed by atoms with Crippen LogP contribution in [0.2, 0.25) is 0 Å². The van der Waals surface area contributed by atoms with Crippen LogP contribution in [-0.2, 0) is 24.4 Å². The Labute approximate surface area is 108 Å². The van der Waals surface area contributed by atoms with Crippen molar-refractivity contribution in [1.82, 2.24) is 0 Å². The van der Waals surface area contributed by atoms with Crippen molar-refractivity contribution < 1.29 is 4.74 Å². The quantitative estimate of drug-likeness (QED) is 0.844. The number of rotatable bonds is 6. The smallest absolute Gasteiger partial charge is 0.0721 e. The van der Waals surface area contributed by atoms with Crippen molar-refractivity contribution in [3.8, 4) is 0 Å². The van der Waals surface area contributed by atoms with Gasteiger partial charge in [-0.15, -0.1) is 0 Å². The molecule has 0 unspecified atom stereocenters. The zero-order valence-corrected chi connectivity index (χ0v) is 10.5. The van der Waals surface area contributed by atoms with E-state index in [0.29, 0.717) is 19.8 Å². The molecule has 2 aromatic rings. The molecule has 18 heavy (non-hydrogen) atoms. The predicted molar refractivity (Wildman–Crippen MR) is 74.1 cm³/mol. The van der Waals surface area contributed by atoms with Crippen LogP contribution < -0.4 is 5.73 Å². The maximum absolute atomic E-state index is 5.68. The van der Waals surface area contributed by atoms with Crippen molar-refractivity contribution in [3.05, 3.63) is 71.3 Å². The highest BCUT2D eigenvalue weighted by Crippen LogP contribution is 2.08. The van der Waals surface area contributed by atoms with Crippen LogP contribution in [0.3, 0.4) is 0 Å². The van der Waals surface area contributed by atoms with Gasteiger partial charge in [0.1, 0.15) is 0 Å². The summed E-state index contributed by atoms with van der Waals surface area (Å²) in [6.07, 6.45) is 0.936. The van der Waals surface area contributed by atoms with Crippen molar-refractivity contribution >= 4 is 0 Å². The van der Waals surface area contributed by atoms with E-state index in [0.717, 1.165) is 6.42 Å². The van der Waals surface area contributed by atoms with Crippen molar-refractivity contribution in [3.63, 3.8) is 0 Å². The summed E-state index contributed by atoms with van der Waals surface area (Å²) < 4.78 is 5.68. The lowest BCUT2D eigenvalue weighted by Crippen LogP contribution is -2.02. The molecule has 0 aliphatic carbocycles. The highest BCUT2D eigenvalue weighted by Gasteiger charge is 1.96. The fraction of sp³-hybridized carbons (Fsp3) is 0.250. The summed E-state index contributed by atoms with van der Waals surface area (Å²) in [6.45, 7) is 2.01. The normalized spacial score (nSPS) is 10.5. The van der Waals surface area contributed by atoms with E-state index in [2.05, 4.69) is 36.4 Å². The third-order valence-electron chi connectivity index (χ3n) is 2.84. The van der Waals surface area contributed by atoms with Crippen LogP contribution in [0.5, 0.6) is 0 Å². The van der Waals surface area contributed by atoms with E-state index in [1.54, 1.807) is 0 Å². The van der Waals surface area contributed by atoms with Gasteiger partial charge in [0.15, 0.2) is 0 Å². The van der Waals surface area contributed by atoms with Gasteiger partial charge >= 0.3 is 0 Å². The van der Waals surface area contributed by atoms with Gasteiger partial charge in [0.05, 0.1) is 13.2 Å². The summed E-state index contributed by atoms with van der Waals surface area (Å²) in [5.41, 5.74) is 9.21. The maximum atomic E-state index is 5.68. The Morgan fingerprint density at radius 2 is 1.28 bits per heavy atom. The molecule has 0 heterocycles. The molecule has 2 aromatic carbocycles. The summed E-state index contributed by atoms with van der Waals surface area (Å²) in [4.78, 5) is 0. The Hall–Kier alpha value is -1.64. The first-order valence-corrected chi connectivity index (χ1v) is 6.28. The van der Waals surface area contributed by atoms with E-state index in [4.69, 9.17) is 10.5 Å². The summed E-state index contributed by atoms with van der Waals surface area (Å²) in [5.74, 6) is 0. The standard InChI is InChI=1S/C16H19NO/c17-11-10-14-6-8-16(9-7-14)13-18-12-15-4-2-1-3-5-15/h1-9H,10-13,17H2. The lowest BCUT2D eigenvalue weighted by Gasteiger charge is -2.05. The number of hydrogen-bond acceptors (Lipinski definition) is 2. The first-order valence-electron chi connectivity index (χ1n) is 6.28. The molecule has 2 N–H and O–H groups in total. The highest BCUT2D eigenvalue weighted by atomic mass is 16.5. The van der Waals surface area contributed by atoms with Crippen molar-refractivity contribution in [2.45, 2.75) is 19.6 Å². The van der Waals surface area contributed by atoms with Gasteiger partial charge in [0.25, 0.3) is 0 Å². The van der Waals surface area contributed by atoms with Crippen LogP contribution in [0.4, 0.5) is 0 Å². The topological polar surface area (TPSA) is 35.2 Å². The van der Waals surface area contributed by atoms with Gasteiger partial charge < -0.3 is 10.5 Å². The lowest BCUT2D eigenvalue weighted by atomic mass is 10.1. The predicted octanol–water partition coefficient (Wildman–Crippen LogP) is 2.90. The molecule has 0 saturated carbocycles. The Balaban J connectivity index is 1.80. The zero-order valence-electron chi connectivity index (χ0n) is 10.5. The average molecular weight is 241 g/mol. The zero-order chi connectivity index (χ0) is 12.6. The van der Waals surface area contributed by atoms with Gasteiger partial charge in [-0.3, -0.25) is 0 Å². The number of benzene rings is 2. The minimum absolute atomic E-state index is 0.651. The second-order valence-electron chi connectivity index (χ2n) is 4.33. The average Bonchev–Trinajstić information content (AvgIpc) is 2.42. The molecular formula is C16H19NO. The van der Waals surface area contributed by atoms with Crippen LogP contribution in [0.1, 0.15) is 16.7 Å². The summed E-state index contributed by atoms with van der Waals surface area (Å²) in [6, 6.07) is 18.7. The molecule has 0 spiro atoms. The first kappa shape index (κ1) is 12.8. The molecule has 0 amide bonds. The molecule has 2 rings (SSSR count). The molecule has 0 atom stereocenters. The SMILES string of the molecule is NCCc1ccc(COCc2ccccc2)cc1. The number of hydrogen-bond donors (Lipinski definition) is 1. The molecular weight excluding hydrogens is 222 g/mol. The molecule has 0 aliphatic heterocycles. The second kappa shape index (κ2) is 6.94. The fourth-order valence-corrected chi connectivity index (χ4v) is 1.83. The Kier molecular flexibility index (Phi) is 4.94. The third-order valence-corrected chi connectivity index (χ3v) is 2.84. The van der Waals surface area contributed by atoms with Gasteiger partial charge in [-0.05, 0) is 29.7 Å². The summed E-state index contributed by atoms with van der Waals surface area (Å²) >= 11 is 0. The molecule has 2 nitrogen and oxygen atoms in total. The largest absolute Gasteiger partial charge is 0.372 e. The molecule has 0 aromatic heterocycles. The lowest BCUT2D eigenvalue weighted by molar-refractivity contribution is 0.107. The fourth-order valence-electron chi connectivity index (χ4n) is 1.83. The minimum Gasteiger partial charge on any atom is -0.372 e. The van der Waals surface area contributed by atoms with Gasteiger partial charge in [-0.1, -0.05) is 54.6 Å². The number of nitrogens with two attached hydrogens (primary N) is 1. The van der Waals surface area contributed by atoms with Crippen LogP contribution in [0, 0.1) is 0 Å². The van der Waals surface area contributed by atoms with Gasteiger partial charge in [0, 0.05) is 0 Å². The summed E-state index contributed by atoms with van der Waals surface area (Å²) in [5, 5.41) is 0. The van der Waals surface area contributed by atoms with E-state index in [-0.39, 0.29) is 0 Å². The van der Waals surface area contributed by atoms with E-state index in [1.165, 1.54) is 16.7 Å². The highest BCUT2D eigenvalue weighted by molar-refractivity contribution is 5.22. The van der Waals surface area contributed by atoms with E-state index >= 15 is 0 Å². The maximum Gasteiger partial charge on any atom is 0.0721 e. The van der Waals surface area contributed by atoms with Crippen LogP contribution in [0.15, 0.2) is 54.6 Å². The van der Waals surface area contributed by atoms with Gasteiger partial charge in [0.2, 0.25) is 0 Å². The molecule has 0 radical (unpaired) electrons. The van der Waals surface area contributed by atoms with Crippen LogP contribution in [0.25, 0.3) is 0 Å². The monoisotopic (exact) mass is 241 g/mol. The van der Waals surface area contributed by atoms with E-state index in [9.17, 15) is 0 Å². The van der Waals surface area contributed by atoms with E-state index in [1.807, 2.05) is 18.2 Å². The van der Waals surface area contributed by atoms with Crippen LogP contribution >= 0.6 is 0 Å². The third kappa shape index (κ3) is 3.99. The molecule has 0 saturated heterocycles. The van der Waals surface area contributed by atoms with Crippen molar-refractivity contribution in [2.75, 3.05) is 6.54 Å².